The van der Waals surface area contributed by atoms with Crippen molar-refractivity contribution in [3.63, 3.8) is 0 Å². The summed E-state index contributed by atoms with van der Waals surface area (Å²) in [6.45, 7) is 2.45. The van der Waals surface area contributed by atoms with Crippen LogP contribution in [0.2, 0.25) is 0 Å². The van der Waals surface area contributed by atoms with E-state index in [1.165, 1.54) is 0 Å². The Bertz CT molecular complexity index is 548. The predicted octanol–water partition coefficient (Wildman–Crippen LogP) is 2.62. The molecule has 0 atom stereocenters. The maximum absolute atomic E-state index is 12.5. The lowest BCUT2D eigenvalue weighted by molar-refractivity contribution is -0.131. The third-order valence-electron chi connectivity index (χ3n) is 4.48. The molecule has 1 amide bonds. The highest BCUT2D eigenvalue weighted by molar-refractivity contribution is 5.82. The summed E-state index contributed by atoms with van der Waals surface area (Å²) in [4.78, 5) is 12.5. The average molecular weight is 285 g/mol. The highest BCUT2D eigenvalue weighted by Gasteiger charge is 2.38. The van der Waals surface area contributed by atoms with Gasteiger partial charge in [-0.3, -0.25) is 4.79 Å². The number of benzene rings is 1. The van der Waals surface area contributed by atoms with E-state index in [0.717, 1.165) is 43.2 Å². The first-order valence-corrected chi connectivity index (χ1v) is 7.68. The van der Waals surface area contributed by atoms with Crippen LogP contribution in [0.3, 0.4) is 0 Å². The normalized spacial score (nSPS) is 16.1. The summed E-state index contributed by atoms with van der Waals surface area (Å²) in [5, 5.41) is 11.9. The average Bonchev–Trinajstić information content (AvgIpc) is 3.01. The molecule has 0 unspecified atom stereocenters. The van der Waals surface area contributed by atoms with Gasteiger partial charge in [-0.05, 0) is 30.9 Å². The van der Waals surface area contributed by atoms with Gasteiger partial charge in [0.1, 0.15) is 6.61 Å². The summed E-state index contributed by atoms with van der Waals surface area (Å²) < 4.78 is 0. The van der Waals surface area contributed by atoms with E-state index in [4.69, 9.17) is 5.11 Å². The zero-order valence-corrected chi connectivity index (χ0v) is 12.6. The molecule has 0 bridgehead atoms. The van der Waals surface area contributed by atoms with Crippen molar-refractivity contribution < 1.29 is 9.90 Å². The molecule has 1 aromatic carbocycles. The molecule has 1 aliphatic carbocycles. The van der Waals surface area contributed by atoms with Crippen molar-refractivity contribution in [3.05, 3.63) is 35.4 Å². The zero-order valence-electron chi connectivity index (χ0n) is 12.6. The minimum Gasteiger partial charge on any atom is -0.384 e. The van der Waals surface area contributed by atoms with E-state index < -0.39 is 0 Å². The molecule has 1 saturated carbocycles. The Morgan fingerprint density at radius 1 is 1.33 bits per heavy atom. The highest BCUT2D eigenvalue weighted by atomic mass is 16.2. The van der Waals surface area contributed by atoms with Gasteiger partial charge in [0.2, 0.25) is 5.91 Å². The SMILES string of the molecule is CCC1(C(=O)NCc2ccccc2C#CCO)CCCC1. The second-order valence-corrected chi connectivity index (χ2v) is 5.64. The van der Waals surface area contributed by atoms with Gasteiger partial charge in [0.05, 0.1) is 0 Å². The first kappa shape index (κ1) is 15.6. The maximum Gasteiger partial charge on any atom is 0.226 e. The molecule has 112 valence electrons. The molecular weight excluding hydrogens is 262 g/mol. The minimum absolute atomic E-state index is 0.153. The molecule has 3 heteroatoms. The number of hydrogen-bond donors (Lipinski definition) is 2. The molecule has 1 aromatic rings. The van der Waals surface area contributed by atoms with Crippen LogP contribution >= 0.6 is 0 Å². The molecule has 21 heavy (non-hydrogen) atoms. The van der Waals surface area contributed by atoms with Crippen LogP contribution in [0.5, 0.6) is 0 Å². The molecule has 0 spiro atoms. The molecule has 1 fully saturated rings. The molecule has 1 aliphatic rings. The van der Waals surface area contributed by atoms with Crippen molar-refractivity contribution in [2.75, 3.05) is 6.61 Å². The van der Waals surface area contributed by atoms with Gasteiger partial charge >= 0.3 is 0 Å². The predicted molar refractivity (Wildman–Crippen MR) is 83.4 cm³/mol. The number of hydrogen-bond acceptors (Lipinski definition) is 2. The van der Waals surface area contributed by atoms with Crippen LogP contribution in [0.4, 0.5) is 0 Å². The first-order valence-electron chi connectivity index (χ1n) is 7.68. The van der Waals surface area contributed by atoms with Crippen molar-refractivity contribution in [1.82, 2.24) is 5.32 Å². The summed E-state index contributed by atoms with van der Waals surface area (Å²) >= 11 is 0. The Kier molecular flexibility index (Phi) is 5.41. The first-order chi connectivity index (χ1) is 10.2. The number of carbonyl (C=O) groups excluding carboxylic acids is 1. The van der Waals surface area contributed by atoms with Gasteiger partial charge in [-0.2, -0.15) is 0 Å². The van der Waals surface area contributed by atoms with Crippen molar-refractivity contribution in [2.45, 2.75) is 45.6 Å². The smallest absolute Gasteiger partial charge is 0.226 e. The lowest BCUT2D eigenvalue weighted by Crippen LogP contribution is -2.38. The zero-order chi connectivity index (χ0) is 15.1. The largest absolute Gasteiger partial charge is 0.384 e. The summed E-state index contributed by atoms with van der Waals surface area (Å²) in [5.41, 5.74) is 1.70. The fourth-order valence-corrected chi connectivity index (χ4v) is 3.09. The number of nitrogens with one attached hydrogen (secondary N) is 1. The molecule has 2 rings (SSSR count). The van der Waals surface area contributed by atoms with Gasteiger partial charge in [0.25, 0.3) is 0 Å². The molecule has 0 saturated heterocycles. The van der Waals surface area contributed by atoms with Crippen LogP contribution in [0, 0.1) is 17.3 Å². The third-order valence-corrected chi connectivity index (χ3v) is 4.48. The van der Waals surface area contributed by atoms with Crippen LogP contribution in [-0.2, 0) is 11.3 Å². The van der Waals surface area contributed by atoms with Crippen LogP contribution in [0.15, 0.2) is 24.3 Å². The van der Waals surface area contributed by atoms with Crippen LogP contribution in [-0.4, -0.2) is 17.6 Å². The van der Waals surface area contributed by atoms with E-state index in [1.807, 2.05) is 24.3 Å². The summed E-state index contributed by atoms with van der Waals surface area (Å²) in [6, 6.07) is 7.73. The topological polar surface area (TPSA) is 49.3 Å². The quantitative estimate of drug-likeness (QED) is 0.836. The van der Waals surface area contributed by atoms with Gasteiger partial charge in [0, 0.05) is 17.5 Å². The van der Waals surface area contributed by atoms with Crippen molar-refractivity contribution in [3.8, 4) is 11.8 Å². The Hall–Kier alpha value is -1.79. The number of aliphatic hydroxyl groups is 1. The van der Waals surface area contributed by atoms with Crippen LogP contribution in [0.1, 0.15) is 50.2 Å². The molecule has 0 heterocycles. The highest BCUT2D eigenvalue weighted by Crippen LogP contribution is 2.41. The fraction of sp³-hybridized carbons (Fsp3) is 0.500. The number of carbonyl (C=O) groups is 1. The molecule has 0 radical (unpaired) electrons. The van der Waals surface area contributed by atoms with Gasteiger partial charge in [-0.15, -0.1) is 0 Å². The fourth-order valence-electron chi connectivity index (χ4n) is 3.09. The van der Waals surface area contributed by atoms with E-state index in [-0.39, 0.29) is 17.9 Å². The van der Waals surface area contributed by atoms with E-state index in [9.17, 15) is 4.79 Å². The summed E-state index contributed by atoms with van der Waals surface area (Å²) in [6.07, 6.45) is 5.22. The number of rotatable bonds is 4. The van der Waals surface area contributed by atoms with Crippen molar-refractivity contribution in [1.29, 1.82) is 0 Å². The standard InChI is InChI=1S/C18H23NO2/c1-2-18(11-5-6-12-18)17(21)19-14-16-9-4-3-8-15(16)10-7-13-20/h3-4,8-9,20H,2,5-6,11-14H2,1H3,(H,19,21). The summed E-state index contributed by atoms with van der Waals surface area (Å²) in [5.74, 6) is 5.76. The molecule has 3 nitrogen and oxygen atoms in total. The minimum atomic E-state index is -0.161. The van der Waals surface area contributed by atoms with E-state index in [0.29, 0.717) is 6.54 Å². The Labute approximate surface area is 126 Å². The lowest BCUT2D eigenvalue weighted by atomic mass is 9.82. The molecule has 0 aliphatic heterocycles. The number of aliphatic hydroxyl groups excluding tert-OH is 1. The van der Waals surface area contributed by atoms with Crippen molar-refractivity contribution in [2.24, 2.45) is 5.41 Å². The van der Waals surface area contributed by atoms with Gasteiger partial charge in [-0.25, -0.2) is 0 Å². The van der Waals surface area contributed by atoms with E-state index in [1.54, 1.807) is 0 Å². The maximum atomic E-state index is 12.5. The van der Waals surface area contributed by atoms with Gasteiger partial charge in [-0.1, -0.05) is 49.8 Å². The lowest BCUT2D eigenvalue weighted by Gasteiger charge is -2.26. The monoisotopic (exact) mass is 285 g/mol. The Morgan fingerprint density at radius 3 is 2.71 bits per heavy atom. The Morgan fingerprint density at radius 2 is 2.05 bits per heavy atom. The molecular formula is C18H23NO2. The second-order valence-electron chi connectivity index (χ2n) is 5.64. The molecule has 0 aromatic heterocycles. The summed E-state index contributed by atoms with van der Waals surface area (Å²) in [7, 11) is 0. The Balaban J connectivity index is 2.04. The van der Waals surface area contributed by atoms with Crippen LogP contribution < -0.4 is 5.32 Å². The van der Waals surface area contributed by atoms with Crippen molar-refractivity contribution >= 4 is 5.91 Å². The second kappa shape index (κ2) is 7.28. The van der Waals surface area contributed by atoms with E-state index in [2.05, 4.69) is 24.1 Å². The molecule has 2 N–H and O–H groups in total. The number of amides is 1. The van der Waals surface area contributed by atoms with Gasteiger partial charge in [0.15, 0.2) is 0 Å². The van der Waals surface area contributed by atoms with Crippen LogP contribution in [0.25, 0.3) is 0 Å². The van der Waals surface area contributed by atoms with E-state index >= 15 is 0 Å². The van der Waals surface area contributed by atoms with Gasteiger partial charge < -0.3 is 10.4 Å². The third kappa shape index (κ3) is 3.65.